The minimum Gasteiger partial charge on any atom is -0.361 e. The molecule has 6 nitrogen and oxygen atoms in total. The number of hydrogen-bond acceptors (Lipinski definition) is 3. The summed E-state index contributed by atoms with van der Waals surface area (Å²) in [5.41, 5.74) is 1.77. The van der Waals surface area contributed by atoms with E-state index < -0.39 is 10.0 Å². The SMILES string of the molecule is Cc1nn(C)c(Cl)c1S(=O)(=O)Nc1ccc2[nH]ccc2c1. The van der Waals surface area contributed by atoms with Gasteiger partial charge < -0.3 is 4.98 Å². The van der Waals surface area contributed by atoms with Crippen LogP contribution in [0.2, 0.25) is 5.15 Å². The Kier molecular flexibility index (Phi) is 3.18. The molecule has 1 aromatic carbocycles. The van der Waals surface area contributed by atoms with Gasteiger partial charge in [-0.2, -0.15) is 5.10 Å². The molecule has 0 atom stereocenters. The summed E-state index contributed by atoms with van der Waals surface area (Å²) >= 11 is 6.02. The highest BCUT2D eigenvalue weighted by Gasteiger charge is 2.25. The topological polar surface area (TPSA) is 79.8 Å². The second-order valence-corrected chi connectivity index (χ2v) is 6.69. The number of rotatable bonds is 3. The zero-order valence-corrected chi connectivity index (χ0v) is 13.0. The zero-order chi connectivity index (χ0) is 15.2. The highest BCUT2D eigenvalue weighted by Crippen LogP contribution is 2.27. The molecule has 0 saturated heterocycles. The van der Waals surface area contributed by atoms with E-state index >= 15 is 0 Å². The summed E-state index contributed by atoms with van der Waals surface area (Å²) in [6, 6.07) is 7.12. The maximum atomic E-state index is 12.5. The van der Waals surface area contributed by atoms with Gasteiger partial charge in [0.15, 0.2) is 0 Å². The van der Waals surface area contributed by atoms with Gasteiger partial charge in [0.25, 0.3) is 10.0 Å². The first-order chi connectivity index (χ1) is 9.88. The minimum absolute atomic E-state index is 0.000771. The van der Waals surface area contributed by atoms with Gasteiger partial charge in [0.1, 0.15) is 10.0 Å². The summed E-state index contributed by atoms with van der Waals surface area (Å²) in [5, 5.41) is 5.03. The average molecular weight is 325 g/mol. The second-order valence-electron chi connectivity index (χ2n) is 4.71. The Balaban J connectivity index is 2.02. The van der Waals surface area contributed by atoms with Crippen molar-refractivity contribution in [3.8, 4) is 0 Å². The number of sulfonamides is 1. The number of benzene rings is 1. The zero-order valence-electron chi connectivity index (χ0n) is 11.4. The van der Waals surface area contributed by atoms with Gasteiger partial charge in [-0.1, -0.05) is 11.6 Å². The number of aryl methyl sites for hydroxylation is 2. The van der Waals surface area contributed by atoms with E-state index in [-0.39, 0.29) is 10.0 Å². The minimum atomic E-state index is -3.78. The molecule has 0 fully saturated rings. The molecule has 110 valence electrons. The molecular formula is C13H13ClN4O2S. The summed E-state index contributed by atoms with van der Waals surface area (Å²) in [4.78, 5) is 3.05. The van der Waals surface area contributed by atoms with Crippen LogP contribution in [0.3, 0.4) is 0 Å². The van der Waals surface area contributed by atoms with E-state index in [1.165, 1.54) is 4.68 Å². The molecule has 0 aliphatic heterocycles. The van der Waals surface area contributed by atoms with Crippen LogP contribution in [0.1, 0.15) is 5.69 Å². The molecule has 2 N–H and O–H groups in total. The molecule has 2 heterocycles. The molecule has 2 aromatic heterocycles. The standard InChI is InChI=1S/C13H13ClN4O2S/c1-8-12(13(14)18(2)16-8)21(19,20)17-10-3-4-11-9(7-10)5-6-15-11/h3-7,15,17H,1-2H3. The first kappa shape index (κ1) is 14.0. The largest absolute Gasteiger partial charge is 0.361 e. The predicted octanol–water partition coefficient (Wildman–Crippen LogP) is 2.66. The number of nitrogens with zero attached hydrogens (tertiary/aromatic N) is 2. The predicted molar refractivity (Wildman–Crippen MR) is 82.1 cm³/mol. The molecule has 0 aliphatic carbocycles. The van der Waals surface area contributed by atoms with Crippen LogP contribution in [0, 0.1) is 6.92 Å². The van der Waals surface area contributed by atoms with Gasteiger partial charge in [0, 0.05) is 29.8 Å². The number of aromatic nitrogens is 3. The fourth-order valence-electron chi connectivity index (χ4n) is 2.24. The third-order valence-electron chi connectivity index (χ3n) is 3.17. The Morgan fingerprint density at radius 2 is 2.10 bits per heavy atom. The lowest BCUT2D eigenvalue weighted by atomic mass is 10.2. The van der Waals surface area contributed by atoms with Gasteiger partial charge in [-0.3, -0.25) is 9.40 Å². The van der Waals surface area contributed by atoms with Crippen LogP contribution in [0.4, 0.5) is 5.69 Å². The Morgan fingerprint density at radius 1 is 1.33 bits per heavy atom. The smallest absolute Gasteiger partial charge is 0.266 e. The molecule has 3 rings (SSSR count). The first-order valence-electron chi connectivity index (χ1n) is 6.17. The lowest BCUT2D eigenvalue weighted by molar-refractivity contribution is 0.600. The summed E-state index contributed by atoms with van der Waals surface area (Å²) in [6.07, 6.45) is 1.80. The summed E-state index contributed by atoms with van der Waals surface area (Å²) < 4.78 is 28.8. The molecule has 0 saturated carbocycles. The van der Waals surface area contributed by atoms with Crippen molar-refractivity contribution in [2.45, 2.75) is 11.8 Å². The van der Waals surface area contributed by atoms with Crippen molar-refractivity contribution in [3.63, 3.8) is 0 Å². The molecule has 0 unspecified atom stereocenters. The number of anilines is 1. The normalized spacial score (nSPS) is 12.0. The molecule has 3 aromatic rings. The fraction of sp³-hybridized carbons (Fsp3) is 0.154. The highest BCUT2D eigenvalue weighted by atomic mass is 35.5. The van der Waals surface area contributed by atoms with Gasteiger partial charge in [-0.25, -0.2) is 8.42 Å². The quantitative estimate of drug-likeness (QED) is 0.777. The summed E-state index contributed by atoms with van der Waals surface area (Å²) in [7, 11) is -2.18. The maximum absolute atomic E-state index is 12.5. The van der Waals surface area contributed by atoms with Crippen molar-refractivity contribution in [2.24, 2.45) is 7.05 Å². The van der Waals surface area contributed by atoms with Gasteiger partial charge in [-0.05, 0) is 31.2 Å². The van der Waals surface area contributed by atoms with Crippen LogP contribution in [0.15, 0.2) is 35.4 Å². The molecule has 0 aliphatic rings. The van der Waals surface area contributed by atoms with E-state index in [0.717, 1.165) is 10.9 Å². The van der Waals surface area contributed by atoms with Crippen molar-refractivity contribution >= 4 is 38.2 Å². The third kappa shape index (κ3) is 2.38. The molecule has 0 spiro atoms. The van der Waals surface area contributed by atoms with Crippen LogP contribution in [0.25, 0.3) is 10.9 Å². The second kappa shape index (κ2) is 4.78. The van der Waals surface area contributed by atoms with E-state index in [1.54, 1.807) is 32.3 Å². The van der Waals surface area contributed by atoms with Gasteiger partial charge in [0.05, 0.1) is 5.69 Å². The number of nitrogens with one attached hydrogen (secondary N) is 2. The lowest BCUT2D eigenvalue weighted by Crippen LogP contribution is -2.14. The van der Waals surface area contributed by atoms with E-state index in [2.05, 4.69) is 14.8 Å². The van der Waals surface area contributed by atoms with E-state index in [4.69, 9.17) is 11.6 Å². The number of hydrogen-bond donors (Lipinski definition) is 2. The molecule has 0 amide bonds. The maximum Gasteiger partial charge on any atom is 0.266 e. The summed E-state index contributed by atoms with van der Waals surface area (Å²) in [5.74, 6) is 0. The van der Waals surface area contributed by atoms with Crippen LogP contribution in [-0.4, -0.2) is 23.2 Å². The number of fused-ring (bicyclic) bond motifs is 1. The van der Waals surface area contributed by atoms with Gasteiger partial charge >= 0.3 is 0 Å². The van der Waals surface area contributed by atoms with Crippen molar-refractivity contribution in [1.82, 2.24) is 14.8 Å². The number of H-pyrrole nitrogens is 1. The van der Waals surface area contributed by atoms with E-state index in [9.17, 15) is 8.42 Å². The van der Waals surface area contributed by atoms with E-state index in [0.29, 0.717) is 11.4 Å². The molecule has 0 radical (unpaired) electrons. The Bertz CT molecular complexity index is 927. The first-order valence-corrected chi connectivity index (χ1v) is 8.03. The molecular weight excluding hydrogens is 312 g/mol. The van der Waals surface area contributed by atoms with Crippen LogP contribution in [0.5, 0.6) is 0 Å². The van der Waals surface area contributed by atoms with Crippen LogP contribution >= 0.6 is 11.6 Å². The van der Waals surface area contributed by atoms with Crippen molar-refractivity contribution in [1.29, 1.82) is 0 Å². The van der Waals surface area contributed by atoms with Crippen molar-refractivity contribution in [3.05, 3.63) is 41.3 Å². The Morgan fingerprint density at radius 3 is 2.76 bits per heavy atom. The van der Waals surface area contributed by atoms with Crippen LogP contribution in [-0.2, 0) is 17.1 Å². The van der Waals surface area contributed by atoms with Crippen molar-refractivity contribution in [2.75, 3.05) is 4.72 Å². The fourth-order valence-corrected chi connectivity index (χ4v) is 4.04. The number of halogens is 1. The lowest BCUT2D eigenvalue weighted by Gasteiger charge is -2.08. The summed E-state index contributed by atoms with van der Waals surface area (Å²) in [6.45, 7) is 1.61. The Labute approximate surface area is 126 Å². The average Bonchev–Trinajstić information content (AvgIpc) is 2.94. The van der Waals surface area contributed by atoms with Crippen molar-refractivity contribution < 1.29 is 8.42 Å². The van der Waals surface area contributed by atoms with Gasteiger partial charge in [0.2, 0.25) is 0 Å². The Hall–Kier alpha value is -1.99. The third-order valence-corrected chi connectivity index (χ3v) is 5.25. The number of aromatic amines is 1. The van der Waals surface area contributed by atoms with E-state index in [1.807, 2.05) is 12.1 Å². The van der Waals surface area contributed by atoms with Gasteiger partial charge in [-0.15, -0.1) is 0 Å². The molecule has 0 bridgehead atoms. The molecule has 21 heavy (non-hydrogen) atoms. The highest BCUT2D eigenvalue weighted by molar-refractivity contribution is 7.92. The monoisotopic (exact) mass is 324 g/mol. The molecule has 8 heteroatoms. The van der Waals surface area contributed by atoms with Crippen LogP contribution < -0.4 is 4.72 Å².